The molecule has 0 aromatic heterocycles. The van der Waals surface area contributed by atoms with Crippen LogP contribution in [0.2, 0.25) is 0 Å². The van der Waals surface area contributed by atoms with Crippen molar-refractivity contribution in [2.45, 2.75) is 19.3 Å². The van der Waals surface area contributed by atoms with Crippen molar-refractivity contribution in [2.24, 2.45) is 5.92 Å². The Hall–Kier alpha value is -2.62. The summed E-state index contributed by atoms with van der Waals surface area (Å²) < 4.78 is 0. The van der Waals surface area contributed by atoms with Crippen LogP contribution in [0.25, 0.3) is 0 Å². The van der Waals surface area contributed by atoms with Crippen molar-refractivity contribution in [2.75, 3.05) is 10.6 Å². The zero-order valence-electron chi connectivity index (χ0n) is 12.2. The molecule has 0 radical (unpaired) electrons. The van der Waals surface area contributed by atoms with Crippen molar-refractivity contribution in [3.63, 3.8) is 0 Å². The first kappa shape index (κ1) is 14.3. The normalized spacial score (nSPS) is 14.0. The third-order valence-electron chi connectivity index (χ3n) is 3.90. The number of amides is 2. The number of hydrogen-bond donors (Lipinski definition) is 2. The second kappa shape index (κ2) is 6.43. The lowest BCUT2D eigenvalue weighted by Crippen LogP contribution is -2.28. The highest BCUT2D eigenvalue weighted by Crippen LogP contribution is 2.28. The van der Waals surface area contributed by atoms with Gasteiger partial charge in [0.25, 0.3) is 5.91 Å². The van der Waals surface area contributed by atoms with Crippen molar-refractivity contribution < 1.29 is 9.59 Å². The maximum Gasteiger partial charge on any atom is 0.255 e. The van der Waals surface area contributed by atoms with E-state index in [0.29, 0.717) is 16.9 Å². The van der Waals surface area contributed by atoms with Gasteiger partial charge in [0.15, 0.2) is 0 Å². The van der Waals surface area contributed by atoms with Gasteiger partial charge in [-0.3, -0.25) is 9.59 Å². The Morgan fingerprint density at radius 1 is 0.864 bits per heavy atom. The van der Waals surface area contributed by atoms with E-state index in [0.717, 1.165) is 19.3 Å². The van der Waals surface area contributed by atoms with Gasteiger partial charge >= 0.3 is 0 Å². The molecule has 0 atom stereocenters. The van der Waals surface area contributed by atoms with E-state index in [1.165, 1.54) is 0 Å². The molecule has 1 saturated carbocycles. The molecule has 22 heavy (non-hydrogen) atoms. The highest BCUT2D eigenvalue weighted by atomic mass is 16.2. The summed E-state index contributed by atoms with van der Waals surface area (Å²) in [4.78, 5) is 24.1. The molecule has 0 heterocycles. The predicted octanol–water partition coefficient (Wildman–Crippen LogP) is 3.68. The van der Waals surface area contributed by atoms with E-state index in [-0.39, 0.29) is 17.7 Å². The molecule has 0 bridgehead atoms. The zero-order valence-corrected chi connectivity index (χ0v) is 12.2. The summed E-state index contributed by atoms with van der Waals surface area (Å²) in [5.41, 5.74) is 1.98. The van der Waals surface area contributed by atoms with Crippen molar-refractivity contribution in [3.05, 3.63) is 60.2 Å². The van der Waals surface area contributed by atoms with Gasteiger partial charge in [-0.25, -0.2) is 0 Å². The molecular weight excluding hydrogens is 276 g/mol. The Kier molecular flexibility index (Phi) is 4.19. The number of carbonyl (C=O) groups is 2. The van der Waals surface area contributed by atoms with Crippen LogP contribution in [0.5, 0.6) is 0 Å². The largest absolute Gasteiger partial charge is 0.326 e. The fourth-order valence-corrected chi connectivity index (χ4v) is 2.38. The van der Waals surface area contributed by atoms with Gasteiger partial charge in [0.05, 0.1) is 0 Å². The smallest absolute Gasteiger partial charge is 0.255 e. The van der Waals surface area contributed by atoms with Gasteiger partial charge in [-0.05, 0) is 43.2 Å². The maximum absolute atomic E-state index is 12.1. The van der Waals surface area contributed by atoms with E-state index >= 15 is 0 Å². The summed E-state index contributed by atoms with van der Waals surface area (Å²) in [6.45, 7) is 0. The lowest BCUT2D eigenvalue weighted by molar-refractivity contribution is -0.122. The van der Waals surface area contributed by atoms with E-state index in [9.17, 15) is 9.59 Å². The minimum absolute atomic E-state index is 0.0674. The van der Waals surface area contributed by atoms with Crippen molar-refractivity contribution in [1.82, 2.24) is 0 Å². The standard InChI is InChI=1S/C18H18N2O2/c21-17(13-6-2-1-3-7-13)19-15-10-5-11-16(12-15)20-18(22)14-8-4-9-14/h1-3,5-7,10-12,14H,4,8-9H2,(H,19,21)(H,20,22). The second-order valence-electron chi connectivity index (χ2n) is 5.52. The van der Waals surface area contributed by atoms with Crippen LogP contribution < -0.4 is 10.6 Å². The number of hydrogen-bond acceptors (Lipinski definition) is 2. The molecule has 0 spiro atoms. The SMILES string of the molecule is O=C(Nc1cccc(NC(=O)C2CCC2)c1)c1ccccc1. The Bertz CT molecular complexity index is 678. The number of anilines is 2. The summed E-state index contributed by atoms with van der Waals surface area (Å²) in [6, 6.07) is 16.3. The van der Waals surface area contributed by atoms with Gasteiger partial charge in [0, 0.05) is 22.9 Å². The summed E-state index contributed by atoms with van der Waals surface area (Å²) in [7, 11) is 0. The molecule has 1 fully saturated rings. The lowest BCUT2D eigenvalue weighted by atomic mass is 9.85. The predicted molar refractivity (Wildman–Crippen MR) is 86.8 cm³/mol. The van der Waals surface area contributed by atoms with Crippen LogP contribution in [0, 0.1) is 5.92 Å². The minimum Gasteiger partial charge on any atom is -0.326 e. The van der Waals surface area contributed by atoms with E-state index in [2.05, 4.69) is 10.6 Å². The molecule has 3 rings (SSSR count). The number of nitrogens with one attached hydrogen (secondary N) is 2. The average Bonchev–Trinajstić information content (AvgIpc) is 2.46. The van der Waals surface area contributed by atoms with Crippen LogP contribution in [0.15, 0.2) is 54.6 Å². The van der Waals surface area contributed by atoms with E-state index in [1.807, 2.05) is 30.3 Å². The van der Waals surface area contributed by atoms with Gasteiger partial charge in [0.1, 0.15) is 0 Å². The first-order chi connectivity index (χ1) is 10.7. The number of benzene rings is 2. The van der Waals surface area contributed by atoms with Gasteiger partial charge in [-0.1, -0.05) is 30.7 Å². The fraction of sp³-hybridized carbons (Fsp3) is 0.222. The van der Waals surface area contributed by atoms with E-state index in [1.54, 1.807) is 24.3 Å². The molecule has 2 N–H and O–H groups in total. The highest BCUT2D eigenvalue weighted by Gasteiger charge is 2.25. The summed E-state index contributed by atoms with van der Waals surface area (Å²) in [5.74, 6) is 0.0448. The third kappa shape index (κ3) is 3.34. The molecule has 2 amide bonds. The molecule has 2 aromatic rings. The van der Waals surface area contributed by atoms with Gasteiger partial charge < -0.3 is 10.6 Å². The van der Waals surface area contributed by atoms with Crippen molar-refractivity contribution in [1.29, 1.82) is 0 Å². The molecule has 2 aromatic carbocycles. The molecule has 0 aliphatic heterocycles. The molecule has 1 aliphatic carbocycles. The fourth-order valence-electron chi connectivity index (χ4n) is 2.38. The van der Waals surface area contributed by atoms with Crippen molar-refractivity contribution in [3.8, 4) is 0 Å². The van der Waals surface area contributed by atoms with Crippen LogP contribution in [0.3, 0.4) is 0 Å². The van der Waals surface area contributed by atoms with Crippen molar-refractivity contribution >= 4 is 23.2 Å². The maximum atomic E-state index is 12.1. The topological polar surface area (TPSA) is 58.2 Å². The van der Waals surface area contributed by atoms with E-state index in [4.69, 9.17) is 0 Å². The third-order valence-corrected chi connectivity index (χ3v) is 3.90. The molecule has 112 valence electrons. The number of rotatable bonds is 4. The molecule has 1 aliphatic rings. The first-order valence-corrected chi connectivity index (χ1v) is 7.50. The Morgan fingerprint density at radius 2 is 1.55 bits per heavy atom. The van der Waals surface area contributed by atoms with Gasteiger partial charge in [0.2, 0.25) is 5.91 Å². The summed E-state index contributed by atoms with van der Waals surface area (Å²) in [6.07, 6.45) is 3.07. The van der Waals surface area contributed by atoms with Crippen LogP contribution in [-0.2, 0) is 4.79 Å². The zero-order chi connectivity index (χ0) is 15.4. The summed E-state index contributed by atoms with van der Waals surface area (Å²) >= 11 is 0. The monoisotopic (exact) mass is 294 g/mol. The molecule has 4 heteroatoms. The van der Waals surface area contributed by atoms with Gasteiger partial charge in [-0.2, -0.15) is 0 Å². The molecule has 4 nitrogen and oxygen atoms in total. The number of carbonyl (C=O) groups excluding carboxylic acids is 2. The first-order valence-electron chi connectivity index (χ1n) is 7.50. The van der Waals surface area contributed by atoms with Crippen LogP contribution >= 0.6 is 0 Å². The minimum atomic E-state index is -0.164. The molecule has 0 unspecified atom stereocenters. The van der Waals surface area contributed by atoms with E-state index < -0.39 is 0 Å². The highest BCUT2D eigenvalue weighted by molar-refractivity contribution is 6.04. The Morgan fingerprint density at radius 3 is 2.18 bits per heavy atom. The molecular formula is C18H18N2O2. The van der Waals surface area contributed by atoms with Crippen LogP contribution in [0.1, 0.15) is 29.6 Å². The Balaban J connectivity index is 1.66. The lowest BCUT2D eigenvalue weighted by Gasteiger charge is -2.24. The van der Waals surface area contributed by atoms with Crippen LogP contribution in [-0.4, -0.2) is 11.8 Å². The average molecular weight is 294 g/mol. The van der Waals surface area contributed by atoms with Gasteiger partial charge in [-0.15, -0.1) is 0 Å². The molecule has 0 saturated heterocycles. The quantitative estimate of drug-likeness (QED) is 0.903. The Labute approximate surface area is 129 Å². The summed E-state index contributed by atoms with van der Waals surface area (Å²) in [5, 5.41) is 5.75. The van der Waals surface area contributed by atoms with Crippen LogP contribution in [0.4, 0.5) is 11.4 Å². The second-order valence-corrected chi connectivity index (χ2v) is 5.52.